The van der Waals surface area contributed by atoms with Crippen molar-refractivity contribution in [3.8, 4) is 55.6 Å². The Morgan fingerprint density at radius 2 is 0.848 bits per heavy atom. The van der Waals surface area contributed by atoms with E-state index in [1.54, 1.807) is 0 Å². The van der Waals surface area contributed by atoms with Crippen molar-refractivity contribution in [1.29, 1.82) is 0 Å². The molecule has 325 valence electrons. The van der Waals surface area contributed by atoms with Gasteiger partial charge in [0.15, 0.2) is 0 Å². The van der Waals surface area contributed by atoms with E-state index in [1.807, 2.05) is 0 Å². The maximum atomic E-state index is 9.58. The zero-order chi connectivity index (χ0) is 45.5. The summed E-state index contributed by atoms with van der Waals surface area (Å²) in [6.45, 7) is 14.0. The van der Waals surface area contributed by atoms with Gasteiger partial charge >= 0.3 is 405 Å². The second-order valence-electron chi connectivity index (χ2n) is 19.6. The summed E-state index contributed by atoms with van der Waals surface area (Å²) in [7, 11) is 18.2. The van der Waals surface area contributed by atoms with E-state index in [4.69, 9.17) is 0 Å². The molecule has 0 nitrogen and oxygen atoms in total. The summed E-state index contributed by atoms with van der Waals surface area (Å²) < 4.78 is 0.897. The molecule has 1 aliphatic heterocycles. The molecule has 2 atom stereocenters. The Balaban J connectivity index is 1.27. The number of allylic oxidation sites excluding steroid dienone is 2. The normalized spacial score (nSPS) is 17.0. The zero-order valence-electron chi connectivity index (χ0n) is 38.7. The van der Waals surface area contributed by atoms with Crippen LogP contribution in [0.1, 0.15) is 68.3 Å². The Labute approximate surface area is 402 Å². The van der Waals surface area contributed by atoms with E-state index in [2.05, 4.69) is 230 Å². The first-order valence-corrected chi connectivity index (χ1v) is 35.5. The van der Waals surface area contributed by atoms with Crippen LogP contribution in [0.5, 0.6) is 0 Å². The summed E-state index contributed by atoms with van der Waals surface area (Å²) in [5, 5.41) is 2.93. The van der Waals surface area contributed by atoms with E-state index in [-0.39, 0.29) is 19.1 Å². The second-order valence-corrected chi connectivity index (χ2v) is 42.1. The van der Waals surface area contributed by atoms with E-state index in [9.17, 15) is 17.0 Å². The third-order valence-electron chi connectivity index (χ3n) is 15.2. The van der Waals surface area contributed by atoms with E-state index < -0.39 is 25.9 Å². The van der Waals surface area contributed by atoms with Crippen LogP contribution >= 0.6 is 17.0 Å². The molecule has 0 saturated heterocycles. The van der Waals surface area contributed by atoms with Gasteiger partial charge in [0.1, 0.15) is 0 Å². The van der Waals surface area contributed by atoms with Crippen LogP contribution in [0.25, 0.3) is 67.8 Å². The molecule has 0 fully saturated rings. The van der Waals surface area contributed by atoms with Crippen molar-refractivity contribution in [3.05, 3.63) is 220 Å². The van der Waals surface area contributed by atoms with Crippen molar-refractivity contribution in [1.82, 2.24) is 0 Å². The van der Waals surface area contributed by atoms with Crippen LogP contribution in [-0.2, 0) is 16.4 Å². The molecule has 8 aromatic carbocycles. The average molecular weight is 990 g/mol. The van der Waals surface area contributed by atoms with Crippen molar-refractivity contribution in [3.63, 3.8) is 0 Å². The molecule has 11 rings (SSSR count). The standard InChI is InChI=1S/2C25H23.C12H9Si.2ClH.Zr/c2*1-17(2)21-15-20-13-14-23(19-10-5-4-6-11-19)25(24(20)16-21)22-12-8-7-9-18(22)3;1-3-7-11-9(5-1)10-6-2-4-8-12(10)13-11;;;/h2*4-17H,1-3H3;1-7H,13H2;2*1H;/q;;;;;+2/p-2. The summed E-state index contributed by atoms with van der Waals surface area (Å²) >= 11 is -5.86. The fourth-order valence-electron chi connectivity index (χ4n) is 12.2. The van der Waals surface area contributed by atoms with Crippen LogP contribution in [0.3, 0.4) is 0 Å². The Morgan fingerprint density at radius 3 is 1.32 bits per heavy atom. The minimum absolute atomic E-state index is 0.185. The van der Waals surface area contributed by atoms with Crippen LogP contribution in [0.15, 0.2) is 187 Å². The molecule has 0 aromatic heterocycles. The molecule has 0 amide bonds. The first-order valence-electron chi connectivity index (χ1n) is 23.7. The Hall–Kier alpha value is -5.08. The molecule has 8 aromatic rings. The summed E-state index contributed by atoms with van der Waals surface area (Å²) in [5.41, 5.74) is 22.9. The van der Waals surface area contributed by atoms with Crippen molar-refractivity contribution < 1.29 is 16.4 Å². The van der Waals surface area contributed by atoms with Gasteiger partial charge in [-0.1, -0.05) is 0 Å². The maximum absolute atomic E-state index is 9.58. The monoisotopic (exact) mass is 987 g/mol. The number of hydrogen-bond donors (Lipinski definition) is 0. The first kappa shape index (κ1) is 43.5. The molecular formula is C62H55Cl2SiZr. The zero-order valence-corrected chi connectivity index (χ0v) is 44.1. The minimum atomic E-state index is -5.86. The molecule has 4 heteroatoms. The number of rotatable bonds is 9. The van der Waals surface area contributed by atoms with Gasteiger partial charge in [0.05, 0.1) is 0 Å². The van der Waals surface area contributed by atoms with Crippen molar-refractivity contribution in [2.75, 3.05) is 0 Å². The molecule has 0 radical (unpaired) electrons. The summed E-state index contributed by atoms with van der Waals surface area (Å²) in [6.07, 6.45) is 5.08. The summed E-state index contributed by atoms with van der Waals surface area (Å²) in [4.78, 5) is 0. The van der Waals surface area contributed by atoms with E-state index in [0.29, 0.717) is 0 Å². The average Bonchev–Trinajstić information content (AvgIpc) is 4.05. The fourth-order valence-corrected chi connectivity index (χ4v) is 40.5. The molecule has 66 heavy (non-hydrogen) atoms. The van der Waals surface area contributed by atoms with Gasteiger partial charge in [-0.25, -0.2) is 0 Å². The van der Waals surface area contributed by atoms with Crippen LogP contribution in [0.4, 0.5) is 0 Å². The van der Waals surface area contributed by atoms with Gasteiger partial charge in [-0.15, -0.1) is 0 Å². The van der Waals surface area contributed by atoms with Crippen LogP contribution in [0, 0.1) is 25.7 Å². The fraction of sp³-hybridized carbons (Fsp3) is 0.161. The van der Waals surface area contributed by atoms with Gasteiger partial charge in [-0.05, 0) is 0 Å². The molecule has 2 unspecified atom stereocenters. The first-order chi connectivity index (χ1) is 31.9. The number of benzene rings is 8. The molecule has 0 bridgehead atoms. The third kappa shape index (κ3) is 6.69. The van der Waals surface area contributed by atoms with E-state index >= 15 is 0 Å². The van der Waals surface area contributed by atoms with Gasteiger partial charge < -0.3 is 0 Å². The predicted molar refractivity (Wildman–Crippen MR) is 286 cm³/mol. The number of fused-ring (bicyclic) bond motifs is 5. The van der Waals surface area contributed by atoms with Crippen LogP contribution in [-0.4, -0.2) is 9.52 Å². The van der Waals surface area contributed by atoms with E-state index in [1.165, 1.54) is 114 Å². The second kappa shape index (κ2) is 16.6. The van der Waals surface area contributed by atoms with Crippen molar-refractivity contribution >= 4 is 52.3 Å². The summed E-state index contributed by atoms with van der Waals surface area (Å²) in [6, 6.07) is 65.3. The van der Waals surface area contributed by atoms with Crippen molar-refractivity contribution in [2.45, 2.75) is 48.8 Å². The molecule has 0 saturated carbocycles. The van der Waals surface area contributed by atoms with Gasteiger partial charge in [-0.3, -0.25) is 0 Å². The molecule has 1 heterocycles. The van der Waals surface area contributed by atoms with Gasteiger partial charge in [0.2, 0.25) is 0 Å². The predicted octanol–water partition coefficient (Wildman–Crippen LogP) is 15.3. The summed E-state index contributed by atoms with van der Waals surface area (Å²) in [5.74, 6) is 0.387. The van der Waals surface area contributed by atoms with Gasteiger partial charge in [0.25, 0.3) is 0 Å². The Kier molecular flexibility index (Phi) is 10.9. The molecule has 0 spiro atoms. The van der Waals surface area contributed by atoms with E-state index in [0.717, 1.165) is 0 Å². The Morgan fingerprint density at radius 1 is 0.424 bits per heavy atom. The number of aryl methyl sites for hydroxylation is 2. The third-order valence-corrected chi connectivity index (χ3v) is 37.8. The molecule has 3 aliphatic rings. The molecule has 2 aliphatic carbocycles. The Bertz CT molecular complexity index is 3130. The van der Waals surface area contributed by atoms with Crippen molar-refractivity contribution in [2.24, 2.45) is 11.8 Å². The number of halogens is 2. The number of hydrogen-bond acceptors (Lipinski definition) is 0. The van der Waals surface area contributed by atoms with Crippen LogP contribution < -0.4 is 13.6 Å². The quantitative estimate of drug-likeness (QED) is 0.126. The topological polar surface area (TPSA) is 0 Å². The van der Waals surface area contributed by atoms with Crippen LogP contribution in [0.2, 0.25) is 0 Å². The molecule has 0 N–H and O–H groups in total. The molecular weight excluding hydrogens is 935 g/mol. The van der Waals surface area contributed by atoms with Gasteiger partial charge in [0, 0.05) is 0 Å². The SMILES string of the molecule is Cc1ccccc1-c1c(-c2ccccc2)ccc2c1C=C(C(C)C)[CH]2[Zr]([Cl])([Cl])([c]1cccc2c1[SiH2]c1ccccc1-2)[CH]1C(C(C)C)=Cc2c1ccc(-c1ccccc1)c2-c1ccccc1C. The van der Waals surface area contributed by atoms with Gasteiger partial charge in [-0.2, -0.15) is 0 Å².